The summed E-state index contributed by atoms with van der Waals surface area (Å²) in [6, 6.07) is 7.90. The molecule has 132 valence electrons. The third kappa shape index (κ3) is 3.38. The smallest absolute Gasteiger partial charge is 0.275 e. The maximum Gasteiger partial charge on any atom is 0.275 e. The van der Waals surface area contributed by atoms with Gasteiger partial charge in [0.1, 0.15) is 11.5 Å². The van der Waals surface area contributed by atoms with E-state index in [1.165, 1.54) is 12.4 Å². The van der Waals surface area contributed by atoms with E-state index in [-0.39, 0.29) is 28.3 Å². The van der Waals surface area contributed by atoms with Crippen LogP contribution in [0.1, 0.15) is 20.8 Å². The van der Waals surface area contributed by atoms with Crippen molar-refractivity contribution in [3.8, 4) is 0 Å². The Morgan fingerprint density at radius 3 is 2.31 bits per heavy atom. The third-order valence-electron chi connectivity index (χ3n) is 3.51. The van der Waals surface area contributed by atoms with Gasteiger partial charge in [0.25, 0.3) is 11.8 Å². The lowest BCUT2D eigenvalue weighted by atomic mass is 10.1. The molecule has 10 heteroatoms. The number of hydrogen-bond donors (Lipinski definition) is 6. The van der Waals surface area contributed by atoms with Crippen LogP contribution in [0.15, 0.2) is 42.7 Å². The van der Waals surface area contributed by atoms with Crippen LogP contribution in [0.25, 0.3) is 0 Å². The van der Waals surface area contributed by atoms with Crippen LogP contribution < -0.4 is 27.8 Å². The number of nitrogens with zero attached hydrogens (tertiary/aromatic N) is 2. The largest absolute Gasteiger partial charge is 0.398 e. The first-order chi connectivity index (χ1) is 12.5. The molecular weight excluding hydrogens is 336 g/mol. The van der Waals surface area contributed by atoms with Gasteiger partial charge in [0, 0.05) is 11.4 Å². The van der Waals surface area contributed by atoms with Crippen molar-refractivity contribution in [1.29, 1.82) is 0 Å². The topological polar surface area (TPSA) is 178 Å². The maximum absolute atomic E-state index is 12.5. The molecule has 0 saturated heterocycles. The number of H-pyrrole nitrogens is 1. The standard InChI is InChI=1S/C16H16N8O2/c17-9-2-1-3-10(18)13(9)15(25)23-11-7-21-24-14(11)16(26)22-8-4-5-12(19)20-6-8/h1-7H,17-18H2,(H2,19,20)(H,21,24)(H,22,26)(H,23,25). The minimum atomic E-state index is -0.551. The van der Waals surface area contributed by atoms with Crippen LogP contribution in [0.3, 0.4) is 0 Å². The van der Waals surface area contributed by atoms with Crippen LogP contribution in [0, 0.1) is 0 Å². The van der Waals surface area contributed by atoms with E-state index in [4.69, 9.17) is 17.2 Å². The summed E-state index contributed by atoms with van der Waals surface area (Å²) >= 11 is 0. The van der Waals surface area contributed by atoms with Gasteiger partial charge in [-0.3, -0.25) is 14.7 Å². The van der Waals surface area contributed by atoms with E-state index in [9.17, 15) is 9.59 Å². The van der Waals surface area contributed by atoms with E-state index in [1.54, 1.807) is 30.3 Å². The predicted molar refractivity (Wildman–Crippen MR) is 98.4 cm³/mol. The number of amides is 2. The van der Waals surface area contributed by atoms with Gasteiger partial charge >= 0.3 is 0 Å². The van der Waals surface area contributed by atoms with Gasteiger partial charge in [-0.25, -0.2) is 4.98 Å². The second-order valence-corrected chi connectivity index (χ2v) is 5.35. The van der Waals surface area contributed by atoms with Crippen molar-refractivity contribution >= 4 is 40.4 Å². The van der Waals surface area contributed by atoms with Crippen LogP contribution >= 0.6 is 0 Å². The number of carbonyl (C=O) groups excluding carboxylic acids is 2. The molecule has 0 aliphatic rings. The van der Waals surface area contributed by atoms with Crippen LogP contribution in [0.4, 0.5) is 28.6 Å². The fourth-order valence-electron chi connectivity index (χ4n) is 2.26. The van der Waals surface area contributed by atoms with E-state index in [1.807, 2.05) is 0 Å². The molecule has 2 heterocycles. The first-order valence-electron chi connectivity index (χ1n) is 7.47. The number of nitrogens with two attached hydrogens (primary N) is 3. The zero-order valence-electron chi connectivity index (χ0n) is 13.5. The normalized spacial score (nSPS) is 10.3. The first kappa shape index (κ1) is 16.8. The molecule has 3 aromatic rings. The molecule has 0 aliphatic carbocycles. The second-order valence-electron chi connectivity index (χ2n) is 5.35. The molecule has 0 bridgehead atoms. The molecule has 10 nitrogen and oxygen atoms in total. The summed E-state index contributed by atoms with van der Waals surface area (Å²) in [4.78, 5) is 28.7. The lowest BCUT2D eigenvalue weighted by Crippen LogP contribution is -2.19. The fourth-order valence-corrected chi connectivity index (χ4v) is 2.26. The number of benzene rings is 1. The molecule has 0 radical (unpaired) electrons. The SMILES string of the molecule is Nc1ccc(NC(=O)c2[nH]ncc2NC(=O)c2c(N)cccc2N)cn1. The summed E-state index contributed by atoms with van der Waals surface area (Å²) in [7, 11) is 0. The molecule has 0 aliphatic heterocycles. The number of aromatic nitrogens is 3. The van der Waals surface area contributed by atoms with Crippen LogP contribution in [-0.4, -0.2) is 27.0 Å². The number of rotatable bonds is 4. The number of nitrogen functional groups attached to an aromatic ring is 3. The zero-order valence-corrected chi connectivity index (χ0v) is 13.5. The molecule has 2 aromatic heterocycles. The van der Waals surface area contributed by atoms with Crippen molar-refractivity contribution in [2.24, 2.45) is 0 Å². The van der Waals surface area contributed by atoms with Crippen molar-refractivity contribution in [3.63, 3.8) is 0 Å². The van der Waals surface area contributed by atoms with Gasteiger partial charge < -0.3 is 27.8 Å². The van der Waals surface area contributed by atoms with Crippen LogP contribution in [0.2, 0.25) is 0 Å². The number of nitrogens with one attached hydrogen (secondary N) is 3. The summed E-state index contributed by atoms with van der Waals surface area (Å²) in [5, 5.41) is 11.5. The average molecular weight is 352 g/mol. The van der Waals surface area contributed by atoms with E-state index in [0.29, 0.717) is 11.5 Å². The number of pyridine rings is 1. The lowest BCUT2D eigenvalue weighted by molar-refractivity contribution is 0.102. The molecular formula is C16H16N8O2. The van der Waals surface area contributed by atoms with Gasteiger partial charge in [0.05, 0.1) is 29.3 Å². The Labute approximate surface area is 147 Å². The van der Waals surface area contributed by atoms with Crippen molar-refractivity contribution in [3.05, 3.63) is 54.0 Å². The van der Waals surface area contributed by atoms with E-state index in [2.05, 4.69) is 25.8 Å². The summed E-state index contributed by atoms with van der Waals surface area (Å²) in [6.45, 7) is 0. The average Bonchev–Trinajstić information content (AvgIpc) is 3.05. The van der Waals surface area contributed by atoms with Gasteiger partial charge in [-0.05, 0) is 24.3 Å². The first-order valence-corrected chi connectivity index (χ1v) is 7.47. The molecule has 0 fully saturated rings. The number of anilines is 5. The Bertz CT molecular complexity index is 944. The quantitative estimate of drug-likeness (QED) is 0.380. The van der Waals surface area contributed by atoms with E-state index >= 15 is 0 Å². The second kappa shape index (κ2) is 6.81. The minimum absolute atomic E-state index is 0.0586. The van der Waals surface area contributed by atoms with Gasteiger partial charge in [-0.15, -0.1) is 0 Å². The summed E-state index contributed by atoms with van der Waals surface area (Å²) in [5.41, 5.74) is 18.4. The molecule has 0 saturated carbocycles. The minimum Gasteiger partial charge on any atom is -0.398 e. The molecule has 9 N–H and O–H groups in total. The predicted octanol–water partition coefficient (Wildman–Crippen LogP) is 1.06. The van der Waals surface area contributed by atoms with Gasteiger partial charge in [0.2, 0.25) is 0 Å². The Hall–Kier alpha value is -4.08. The van der Waals surface area contributed by atoms with Crippen molar-refractivity contribution in [1.82, 2.24) is 15.2 Å². The van der Waals surface area contributed by atoms with Crippen LogP contribution in [0.5, 0.6) is 0 Å². The Kier molecular flexibility index (Phi) is 4.39. The maximum atomic E-state index is 12.5. The van der Waals surface area contributed by atoms with Crippen molar-refractivity contribution in [2.75, 3.05) is 27.8 Å². The van der Waals surface area contributed by atoms with Crippen molar-refractivity contribution in [2.45, 2.75) is 0 Å². The highest BCUT2D eigenvalue weighted by molar-refractivity contribution is 6.14. The molecule has 0 spiro atoms. The molecule has 2 amide bonds. The lowest BCUT2D eigenvalue weighted by Gasteiger charge is -2.10. The third-order valence-corrected chi connectivity index (χ3v) is 3.51. The number of carbonyl (C=O) groups is 2. The van der Waals surface area contributed by atoms with Crippen molar-refractivity contribution < 1.29 is 9.59 Å². The van der Waals surface area contributed by atoms with E-state index < -0.39 is 11.8 Å². The molecule has 26 heavy (non-hydrogen) atoms. The summed E-state index contributed by atoms with van der Waals surface area (Å²) < 4.78 is 0. The molecule has 3 rings (SSSR count). The number of hydrogen-bond acceptors (Lipinski definition) is 7. The molecule has 1 aromatic carbocycles. The summed E-state index contributed by atoms with van der Waals surface area (Å²) in [5.74, 6) is -0.737. The zero-order chi connectivity index (χ0) is 18.7. The Morgan fingerprint density at radius 2 is 1.65 bits per heavy atom. The monoisotopic (exact) mass is 352 g/mol. The Balaban J connectivity index is 1.79. The highest BCUT2D eigenvalue weighted by Crippen LogP contribution is 2.22. The summed E-state index contributed by atoms with van der Waals surface area (Å²) in [6.07, 6.45) is 2.72. The van der Waals surface area contributed by atoms with Crippen LogP contribution in [-0.2, 0) is 0 Å². The highest BCUT2D eigenvalue weighted by Gasteiger charge is 2.19. The Morgan fingerprint density at radius 1 is 0.923 bits per heavy atom. The number of aromatic amines is 1. The van der Waals surface area contributed by atoms with Gasteiger partial charge in [0.15, 0.2) is 0 Å². The molecule has 0 unspecified atom stereocenters. The van der Waals surface area contributed by atoms with Gasteiger partial charge in [-0.2, -0.15) is 5.10 Å². The van der Waals surface area contributed by atoms with Gasteiger partial charge in [-0.1, -0.05) is 6.07 Å². The molecule has 0 atom stereocenters. The fraction of sp³-hybridized carbons (Fsp3) is 0. The van der Waals surface area contributed by atoms with E-state index in [0.717, 1.165) is 0 Å². The highest BCUT2D eigenvalue weighted by atomic mass is 16.2.